The van der Waals surface area contributed by atoms with Crippen LogP contribution in [0.1, 0.15) is 39.0 Å². The number of hydrogen-bond acceptors (Lipinski definition) is 3. The SMILES string of the molecule is CC1CC(C(=O)N2CCCC(CCO)C2)(C(N)=S)C1. The molecule has 0 radical (unpaired) electrons. The summed E-state index contributed by atoms with van der Waals surface area (Å²) >= 11 is 5.15. The van der Waals surface area contributed by atoms with E-state index in [1.807, 2.05) is 4.90 Å². The third-order valence-electron chi connectivity index (χ3n) is 4.62. The zero-order valence-corrected chi connectivity index (χ0v) is 12.4. The number of amides is 1. The molecule has 0 bridgehead atoms. The quantitative estimate of drug-likeness (QED) is 0.764. The van der Waals surface area contributed by atoms with E-state index < -0.39 is 5.41 Å². The van der Waals surface area contributed by atoms with Crippen LogP contribution in [0, 0.1) is 17.3 Å². The minimum atomic E-state index is -0.574. The van der Waals surface area contributed by atoms with Crippen molar-refractivity contribution in [2.24, 2.45) is 23.0 Å². The lowest BCUT2D eigenvalue weighted by molar-refractivity contribution is -0.146. The molecule has 3 N–H and O–H groups in total. The van der Waals surface area contributed by atoms with Crippen molar-refractivity contribution in [1.82, 2.24) is 4.90 Å². The molecule has 0 aromatic heterocycles. The van der Waals surface area contributed by atoms with Crippen molar-refractivity contribution in [1.29, 1.82) is 0 Å². The molecule has 108 valence electrons. The number of hydrogen-bond donors (Lipinski definition) is 2. The molecule has 19 heavy (non-hydrogen) atoms. The summed E-state index contributed by atoms with van der Waals surface area (Å²) in [7, 11) is 0. The van der Waals surface area contributed by atoms with E-state index in [-0.39, 0.29) is 12.5 Å². The van der Waals surface area contributed by atoms with Crippen LogP contribution in [-0.2, 0) is 4.79 Å². The molecule has 2 rings (SSSR count). The highest BCUT2D eigenvalue weighted by molar-refractivity contribution is 7.80. The van der Waals surface area contributed by atoms with Gasteiger partial charge in [-0.15, -0.1) is 0 Å². The fraction of sp³-hybridized carbons (Fsp3) is 0.857. The summed E-state index contributed by atoms with van der Waals surface area (Å²) in [5, 5.41) is 9.04. The van der Waals surface area contributed by atoms with Gasteiger partial charge in [0.2, 0.25) is 5.91 Å². The molecule has 1 saturated carbocycles. The smallest absolute Gasteiger partial charge is 0.235 e. The minimum Gasteiger partial charge on any atom is -0.396 e. The Labute approximate surface area is 120 Å². The molecular weight excluding hydrogens is 260 g/mol. The predicted octanol–water partition coefficient (Wildman–Crippen LogP) is 1.31. The van der Waals surface area contributed by atoms with Gasteiger partial charge in [0, 0.05) is 19.7 Å². The molecule has 2 fully saturated rings. The highest BCUT2D eigenvalue weighted by atomic mass is 32.1. The molecule has 1 saturated heterocycles. The average molecular weight is 284 g/mol. The summed E-state index contributed by atoms with van der Waals surface area (Å²) in [6.45, 7) is 3.89. The molecule has 1 aliphatic heterocycles. The van der Waals surface area contributed by atoms with E-state index in [0.29, 0.717) is 16.8 Å². The van der Waals surface area contributed by atoms with E-state index in [2.05, 4.69) is 6.92 Å². The van der Waals surface area contributed by atoms with E-state index in [4.69, 9.17) is 23.1 Å². The van der Waals surface area contributed by atoms with Crippen LogP contribution in [0.25, 0.3) is 0 Å². The molecule has 0 spiro atoms. The third-order valence-corrected chi connectivity index (χ3v) is 5.01. The van der Waals surface area contributed by atoms with Gasteiger partial charge in [-0.3, -0.25) is 4.79 Å². The Morgan fingerprint density at radius 1 is 1.53 bits per heavy atom. The lowest BCUT2D eigenvalue weighted by atomic mass is 9.61. The van der Waals surface area contributed by atoms with Crippen LogP contribution in [0.2, 0.25) is 0 Å². The molecule has 1 unspecified atom stereocenters. The van der Waals surface area contributed by atoms with Gasteiger partial charge in [0.05, 0.1) is 10.4 Å². The van der Waals surface area contributed by atoms with E-state index in [0.717, 1.165) is 45.2 Å². The Kier molecular flexibility index (Phi) is 4.46. The fourth-order valence-electron chi connectivity index (χ4n) is 3.58. The monoisotopic (exact) mass is 284 g/mol. The second kappa shape index (κ2) is 5.75. The first-order valence-corrected chi connectivity index (χ1v) is 7.60. The zero-order valence-electron chi connectivity index (χ0n) is 11.6. The van der Waals surface area contributed by atoms with Crippen molar-refractivity contribution in [3.05, 3.63) is 0 Å². The Morgan fingerprint density at radius 2 is 2.21 bits per heavy atom. The topological polar surface area (TPSA) is 66.6 Å². The van der Waals surface area contributed by atoms with Crippen molar-refractivity contribution in [3.8, 4) is 0 Å². The molecule has 0 aromatic carbocycles. The summed E-state index contributed by atoms with van der Waals surface area (Å²) < 4.78 is 0. The Hall–Kier alpha value is -0.680. The molecule has 4 nitrogen and oxygen atoms in total. The van der Waals surface area contributed by atoms with Crippen molar-refractivity contribution in [2.45, 2.75) is 39.0 Å². The van der Waals surface area contributed by atoms with Gasteiger partial charge < -0.3 is 15.7 Å². The second-order valence-electron chi connectivity index (χ2n) is 6.23. The van der Waals surface area contributed by atoms with Crippen LogP contribution in [-0.4, -0.2) is 40.6 Å². The first kappa shape index (κ1) is 14.7. The maximum atomic E-state index is 12.7. The van der Waals surface area contributed by atoms with Crippen molar-refractivity contribution < 1.29 is 9.90 Å². The number of rotatable bonds is 4. The van der Waals surface area contributed by atoms with Crippen LogP contribution in [0.3, 0.4) is 0 Å². The number of likely N-dealkylation sites (tertiary alicyclic amines) is 1. The molecule has 1 heterocycles. The van der Waals surface area contributed by atoms with Gasteiger partial charge in [0.1, 0.15) is 0 Å². The largest absolute Gasteiger partial charge is 0.396 e. The average Bonchev–Trinajstić information content (AvgIpc) is 2.34. The number of thiocarbonyl (C=S) groups is 1. The molecular formula is C14H24N2O2S. The third kappa shape index (κ3) is 2.77. The van der Waals surface area contributed by atoms with Gasteiger partial charge in [-0.05, 0) is 43.9 Å². The predicted molar refractivity (Wildman–Crippen MR) is 78.6 cm³/mol. The minimum absolute atomic E-state index is 0.126. The first-order valence-electron chi connectivity index (χ1n) is 7.19. The van der Waals surface area contributed by atoms with E-state index in [1.54, 1.807) is 0 Å². The van der Waals surface area contributed by atoms with Crippen molar-refractivity contribution in [3.63, 3.8) is 0 Å². The van der Waals surface area contributed by atoms with Crippen LogP contribution in [0.4, 0.5) is 0 Å². The lowest BCUT2D eigenvalue weighted by Crippen LogP contribution is -2.58. The maximum absolute atomic E-state index is 12.7. The van der Waals surface area contributed by atoms with Gasteiger partial charge in [0.25, 0.3) is 0 Å². The molecule has 1 amide bonds. The maximum Gasteiger partial charge on any atom is 0.235 e. The summed E-state index contributed by atoms with van der Waals surface area (Å²) in [4.78, 5) is 15.0. The van der Waals surface area contributed by atoms with Crippen molar-refractivity contribution >= 4 is 23.1 Å². The van der Waals surface area contributed by atoms with Crippen LogP contribution < -0.4 is 5.73 Å². The molecule has 5 heteroatoms. The summed E-state index contributed by atoms with van der Waals surface area (Å²) in [6, 6.07) is 0. The Bertz CT molecular complexity index is 364. The van der Waals surface area contributed by atoms with Gasteiger partial charge in [-0.1, -0.05) is 19.1 Å². The number of carbonyl (C=O) groups excluding carboxylic acids is 1. The lowest BCUT2D eigenvalue weighted by Gasteiger charge is -2.48. The highest BCUT2D eigenvalue weighted by Gasteiger charge is 2.52. The van der Waals surface area contributed by atoms with Gasteiger partial charge in [0.15, 0.2) is 0 Å². The van der Waals surface area contributed by atoms with Gasteiger partial charge in [-0.25, -0.2) is 0 Å². The number of nitrogens with two attached hydrogens (primary N) is 1. The van der Waals surface area contributed by atoms with E-state index >= 15 is 0 Å². The second-order valence-corrected chi connectivity index (χ2v) is 6.67. The molecule has 0 aromatic rings. The van der Waals surface area contributed by atoms with Crippen LogP contribution in [0.15, 0.2) is 0 Å². The molecule has 1 aliphatic carbocycles. The molecule has 2 aliphatic rings. The van der Waals surface area contributed by atoms with E-state index in [1.165, 1.54) is 0 Å². The van der Waals surface area contributed by atoms with Crippen LogP contribution in [0.5, 0.6) is 0 Å². The number of aliphatic hydroxyl groups excluding tert-OH is 1. The summed E-state index contributed by atoms with van der Waals surface area (Å²) in [5.74, 6) is 1.08. The van der Waals surface area contributed by atoms with Gasteiger partial charge >= 0.3 is 0 Å². The normalized spacial score (nSPS) is 34.7. The number of nitrogens with zero attached hydrogens (tertiary/aromatic N) is 1. The Balaban J connectivity index is 2.04. The van der Waals surface area contributed by atoms with Crippen molar-refractivity contribution in [2.75, 3.05) is 19.7 Å². The first-order chi connectivity index (χ1) is 8.99. The number of piperidine rings is 1. The highest BCUT2D eigenvalue weighted by Crippen LogP contribution is 2.47. The number of aliphatic hydroxyl groups is 1. The number of carbonyl (C=O) groups is 1. The Morgan fingerprint density at radius 3 is 2.74 bits per heavy atom. The summed E-state index contributed by atoms with van der Waals surface area (Å²) in [6.07, 6.45) is 4.48. The molecule has 1 atom stereocenters. The zero-order chi connectivity index (χ0) is 14.0. The fourth-order valence-corrected chi connectivity index (χ4v) is 3.84. The summed E-state index contributed by atoms with van der Waals surface area (Å²) in [5.41, 5.74) is 5.27. The van der Waals surface area contributed by atoms with E-state index in [9.17, 15) is 4.79 Å². The van der Waals surface area contributed by atoms with Gasteiger partial charge in [-0.2, -0.15) is 0 Å². The standard InChI is InChI=1S/C14H24N2O2S/c1-10-7-14(8-10,12(15)19)13(18)16-5-2-3-11(9-16)4-6-17/h10-11,17H,2-9H2,1H3,(H2,15,19). The van der Waals surface area contributed by atoms with Crippen LogP contribution >= 0.6 is 12.2 Å².